The summed E-state index contributed by atoms with van der Waals surface area (Å²) in [6.07, 6.45) is 5.18. The third-order valence-corrected chi connectivity index (χ3v) is 7.35. The summed E-state index contributed by atoms with van der Waals surface area (Å²) in [5.74, 6) is 3.21. The number of aliphatic imine (C=N–C) groups is 1. The molecule has 0 radical (unpaired) electrons. The fourth-order valence-corrected chi connectivity index (χ4v) is 6.19. The fourth-order valence-electron chi connectivity index (χ4n) is 6.19. The van der Waals surface area contributed by atoms with Gasteiger partial charge in [-0.3, -0.25) is 4.99 Å². The van der Waals surface area contributed by atoms with E-state index < -0.39 is 0 Å². The molecular weight excluding hydrogens is 290 g/mol. The molecule has 5 aliphatic rings. The number of hydrogen-bond acceptors (Lipinski definition) is 3. The summed E-state index contributed by atoms with van der Waals surface area (Å²) < 4.78 is 12.0. The van der Waals surface area contributed by atoms with E-state index >= 15 is 0 Å². The first-order chi connectivity index (χ1) is 11.1. The molecule has 2 bridgehead atoms. The third-order valence-electron chi connectivity index (χ3n) is 7.35. The average Bonchev–Trinajstić information content (AvgIpc) is 3.28. The molecule has 0 amide bonds. The van der Waals surface area contributed by atoms with Crippen LogP contribution in [0.15, 0.2) is 4.99 Å². The molecule has 0 spiro atoms. The summed E-state index contributed by atoms with van der Waals surface area (Å²) in [5.41, 5.74) is 0.203. The fraction of sp³-hybridized carbons (Fsp3) is 0.944. The number of fused-ring (bicyclic) bond motifs is 6. The Bertz CT molecular complexity index is 516. The molecule has 5 rings (SSSR count). The lowest BCUT2D eigenvalue weighted by Crippen LogP contribution is -2.68. The first-order valence-electron chi connectivity index (χ1n) is 9.35. The molecule has 5 heteroatoms. The normalized spacial score (nSPS) is 50.0. The standard InChI is InChI=1S/C18H29N3O2/c1-18(2)15(10-6-7-22-16(10)18)20-17(19-3)21-8-11-12(9-21)14-5-4-13(11)23-14/h10-16H,4-9H2,1-3H3,(H,19,20). The Kier molecular flexibility index (Phi) is 3.06. The van der Waals surface area contributed by atoms with E-state index in [4.69, 9.17) is 9.47 Å². The van der Waals surface area contributed by atoms with Crippen LogP contribution in [-0.2, 0) is 9.47 Å². The van der Waals surface area contributed by atoms with Crippen molar-refractivity contribution in [2.24, 2.45) is 28.2 Å². The molecule has 1 saturated carbocycles. The number of likely N-dealkylation sites (tertiary alicyclic amines) is 1. The van der Waals surface area contributed by atoms with Gasteiger partial charge in [-0.15, -0.1) is 0 Å². The van der Waals surface area contributed by atoms with Crippen molar-refractivity contribution in [1.82, 2.24) is 10.2 Å². The highest BCUT2D eigenvalue weighted by Gasteiger charge is 2.60. The van der Waals surface area contributed by atoms with Gasteiger partial charge in [-0.2, -0.15) is 0 Å². The van der Waals surface area contributed by atoms with E-state index in [2.05, 4.69) is 29.1 Å². The molecule has 23 heavy (non-hydrogen) atoms. The maximum atomic E-state index is 6.10. The molecule has 4 heterocycles. The third kappa shape index (κ3) is 1.89. The van der Waals surface area contributed by atoms with Crippen molar-refractivity contribution in [2.75, 3.05) is 26.7 Å². The van der Waals surface area contributed by atoms with E-state index in [1.807, 2.05) is 7.05 Å². The first kappa shape index (κ1) is 14.5. The summed E-state index contributed by atoms with van der Waals surface area (Å²) in [7, 11) is 1.93. The van der Waals surface area contributed by atoms with Crippen molar-refractivity contribution in [2.45, 2.75) is 57.5 Å². The SMILES string of the molecule is CN=C(NC1C2CCOC2C1(C)C)N1CC2C3CCC(O3)C2C1. The smallest absolute Gasteiger partial charge is 0.193 e. The van der Waals surface area contributed by atoms with Crippen LogP contribution in [-0.4, -0.2) is 62.0 Å². The van der Waals surface area contributed by atoms with Crippen molar-refractivity contribution in [3.05, 3.63) is 0 Å². The topological polar surface area (TPSA) is 46.1 Å². The highest BCUT2D eigenvalue weighted by molar-refractivity contribution is 5.81. The van der Waals surface area contributed by atoms with Crippen molar-refractivity contribution >= 4 is 5.96 Å². The van der Waals surface area contributed by atoms with E-state index in [0.29, 0.717) is 30.3 Å². The van der Waals surface area contributed by atoms with Crippen LogP contribution in [0.3, 0.4) is 0 Å². The molecule has 0 aromatic heterocycles. The van der Waals surface area contributed by atoms with Crippen LogP contribution >= 0.6 is 0 Å². The van der Waals surface area contributed by atoms with Crippen LogP contribution in [0.4, 0.5) is 0 Å². The summed E-state index contributed by atoms with van der Waals surface area (Å²) in [6, 6.07) is 0.488. The van der Waals surface area contributed by atoms with Gasteiger partial charge in [0.2, 0.25) is 0 Å². The second kappa shape index (κ2) is 4.85. The van der Waals surface area contributed by atoms with E-state index in [1.165, 1.54) is 19.3 Å². The van der Waals surface area contributed by atoms with Gasteiger partial charge in [0.25, 0.3) is 0 Å². The Morgan fingerprint density at radius 3 is 2.43 bits per heavy atom. The Morgan fingerprint density at radius 2 is 1.78 bits per heavy atom. The predicted molar refractivity (Wildman–Crippen MR) is 88.4 cm³/mol. The monoisotopic (exact) mass is 319 g/mol. The molecule has 5 nitrogen and oxygen atoms in total. The molecule has 1 N–H and O–H groups in total. The lowest BCUT2D eigenvalue weighted by Gasteiger charge is -2.55. The Hall–Kier alpha value is -0.810. The van der Waals surface area contributed by atoms with E-state index in [1.54, 1.807) is 0 Å². The molecule has 4 saturated heterocycles. The maximum absolute atomic E-state index is 6.10. The van der Waals surface area contributed by atoms with Crippen LogP contribution in [0.1, 0.15) is 33.1 Å². The molecular formula is C18H29N3O2. The summed E-state index contributed by atoms with van der Waals surface area (Å²) in [4.78, 5) is 7.11. The zero-order valence-corrected chi connectivity index (χ0v) is 14.5. The van der Waals surface area contributed by atoms with Gasteiger partial charge in [-0.05, 0) is 19.3 Å². The van der Waals surface area contributed by atoms with Gasteiger partial charge < -0.3 is 19.7 Å². The zero-order valence-electron chi connectivity index (χ0n) is 14.5. The van der Waals surface area contributed by atoms with Crippen LogP contribution < -0.4 is 5.32 Å². The van der Waals surface area contributed by atoms with Gasteiger partial charge in [0, 0.05) is 56.0 Å². The highest BCUT2D eigenvalue weighted by atomic mass is 16.5. The molecule has 7 unspecified atom stereocenters. The minimum Gasteiger partial charge on any atom is -0.377 e. The van der Waals surface area contributed by atoms with Gasteiger partial charge in [-0.1, -0.05) is 13.8 Å². The van der Waals surface area contributed by atoms with Gasteiger partial charge in [0.15, 0.2) is 5.96 Å². The molecule has 7 atom stereocenters. The van der Waals surface area contributed by atoms with Crippen LogP contribution in [0.2, 0.25) is 0 Å². The van der Waals surface area contributed by atoms with E-state index in [-0.39, 0.29) is 5.41 Å². The van der Waals surface area contributed by atoms with Gasteiger partial charge in [0.05, 0.1) is 18.3 Å². The quantitative estimate of drug-likeness (QED) is 0.587. The summed E-state index contributed by atoms with van der Waals surface area (Å²) in [5, 5.41) is 3.80. The number of guanidine groups is 1. The molecule has 0 aromatic carbocycles. The van der Waals surface area contributed by atoms with E-state index in [0.717, 1.165) is 37.5 Å². The predicted octanol–water partition coefficient (Wildman–Crippen LogP) is 1.48. The lowest BCUT2D eigenvalue weighted by atomic mass is 9.57. The second-order valence-electron chi connectivity index (χ2n) is 8.76. The van der Waals surface area contributed by atoms with Crippen LogP contribution in [0.25, 0.3) is 0 Å². The number of hydrogen-bond donors (Lipinski definition) is 1. The number of nitrogens with zero attached hydrogens (tertiary/aromatic N) is 2. The molecule has 0 aromatic rings. The molecule has 5 fully saturated rings. The number of ether oxygens (including phenoxy) is 2. The number of nitrogens with one attached hydrogen (secondary N) is 1. The van der Waals surface area contributed by atoms with Crippen molar-refractivity contribution in [3.8, 4) is 0 Å². The zero-order chi connectivity index (χ0) is 15.8. The van der Waals surface area contributed by atoms with Crippen LogP contribution in [0.5, 0.6) is 0 Å². The maximum Gasteiger partial charge on any atom is 0.193 e. The van der Waals surface area contributed by atoms with Crippen molar-refractivity contribution in [1.29, 1.82) is 0 Å². The van der Waals surface area contributed by atoms with Gasteiger partial charge in [0.1, 0.15) is 0 Å². The highest BCUT2D eigenvalue weighted by Crippen LogP contribution is 2.52. The lowest BCUT2D eigenvalue weighted by molar-refractivity contribution is -0.107. The second-order valence-corrected chi connectivity index (χ2v) is 8.76. The van der Waals surface area contributed by atoms with E-state index in [9.17, 15) is 0 Å². The Morgan fingerprint density at radius 1 is 1.09 bits per heavy atom. The molecule has 128 valence electrons. The first-order valence-corrected chi connectivity index (χ1v) is 9.35. The molecule has 1 aliphatic carbocycles. The summed E-state index contributed by atoms with van der Waals surface area (Å²) in [6.45, 7) is 7.81. The Balaban J connectivity index is 1.29. The number of rotatable bonds is 1. The van der Waals surface area contributed by atoms with Gasteiger partial charge >= 0.3 is 0 Å². The minimum absolute atomic E-state index is 0.203. The molecule has 4 aliphatic heterocycles. The Labute approximate surface area is 138 Å². The largest absolute Gasteiger partial charge is 0.377 e. The van der Waals surface area contributed by atoms with Gasteiger partial charge in [-0.25, -0.2) is 0 Å². The van der Waals surface area contributed by atoms with Crippen LogP contribution in [0, 0.1) is 23.2 Å². The summed E-state index contributed by atoms with van der Waals surface area (Å²) >= 11 is 0. The van der Waals surface area contributed by atoms with Crippen molar-refractivity contribution in [3.63, 3.8) is 0 Å². The average molecular weight is 319 g/mol. The minimum atomic E-state index is 0.203. The van der Waals surface area contributed by atoms with Crippen molar-refractivity contribution < 1.29 is 9.47 Å².